The van der Waals surface area contributed by atoms with Gasteiger partial charge >= 0.3 is 0 Å². The van der Waals surface area contributed by atoms with Crippen LogP contribution in [0.2, 0.25) is 0 Å². The van der Waals surface area contributed by atoms with E-state index < -0.39 is 0 Å². The summed E-state index contributed by atoms with van der Waals surface area (Å²) in [7, 11) is 1.96. The number of nitrogens with zero attached hydrogens (tertiary/aromatic N) is 3. The molecule has 0 spiro atoms. The third-order valence-electron chi connectivity index (χ3n) is 4.66. The van der Waals surface area contributed by atoms with Crippen LogP contribution in [0.5, 0.6) is 0 Å². The predicted octanol–water partition coefficient (Wildman–Crippen LogP) is 2.47. The van der Waals surface area contributed by atoms with Crippen LogP contribution in [0.25, 0.3) is 0 Å². The molecule has 0 aliphatic heterocycles. The summed E-state index contributed by atoms with van der Waals surface area (Å²) in [5, 5.41) is 7.86. The molecule has 1 N–H and O–H groups in total. The Hall–Kier alpha value is -0.940. The number of ether oxygens (including phenoxy) is 1. The fourth-order valence-electron chi connectivity index (χ4n) is 3.59. The molecule has 1 aromatic heterocycles. The van der Waals surface area contributed by atoms with Gasteiger partial charge in [0.1, 0.15) is 12.2 Å². The van der Waals surface area contributed by atoms with Crippen molar-refractivity contribution >= 4 is 0 Å². The molecule has 1 aliphatic carbocycles. The Morgan fingerprint density at radius 1 is 1.29 bits per heavy atom. The Morgan fingerprint density at radius 3 is 2.52 bits per heavy atom. The van der Waals surface area contributed by atoms with Crippen molar-refractivity contribution in [3.63, 3.8) is 0 Å². The number of aryl methyl sites for hydroxylation is 1. The van der Waals surface area contributed by atoms with Crippen LogP contribution in [0.3, 0.4) is 0 Å². The number of hydrogen-bond donors (Lipinski definition) is 1. The van der Waals surface area contributed by atoms with Crippen molar-refractivity contribution in [3.8, 4) is 0 Å². The fraction of sp³-hybridized carbons (Fsp3) is 0.875. The highest BCUT2D eigenvalue weighted by Gasteiger charge is 2.40. The van der Waals surface area contributed by atoms with E-state index >= 15 is 0 Å². The number of rotatable bonds is 7. The Bertz CT molecular complexity index is 410. The highest BCUT2D eigenvalue weighted by atomic mass is 16.5. The van der Waals surface area contributed by atoms with E-state index in [1.807, 2.05) is 11.7 Å². The first kappa shape index (κ1) is 16.4. The SMILES string of the molecule is CCNC(Cc1ncnn1C)C1(OCC)CCCCCC1. The molecule has 0 bridgehead atoms. The molecule has 1 aliphatic rings. The third kappa shape index (κ3) is 4.04. The lowest BCUT2D eigenvalue weighted by atomic mass is 9.84. The first-order valence-electron chi connectivity index (χ1n) is 8.42. The molecule has 5 heteroatoms. The van der Waals surface area contributed by atoms with Crippen molar-refractivity contribution in [2.45, 2.75) is 70.4 Å². The van der Waals surface area contributed by atoms with Gasteiger partial charge in [0.2, 0.25) is 0 Å². The summed E-state index contributed by atoms with van der Waals surface area (Å²) in [4.78, 5) is 4.40. The third-order valence-corrected chi connectivity index (χ3v) is 4.66. The molecule has 0 radical (unpaired) electrons. The molecule has 0 aromatic carbocycles. The highest BCUT2D eigenvalue weighted by molar-refractivity contribution is 5.00. The van der Waals surface area contributed by atoms with Gasteiger partial charge in [-0.2, -0.15) is 5.10 Å². The summed E-state index contributed by atoms with van der Waals surface area (Å²) >= 11 is 0. The van der Waals surface area contributed by atoms with Crippen molar-refractivity contribution in [1.29, 1.82) is 0 Å². The van der Waals surface area contributed by atoms with Gasteiger partial charge < -0.3 is 10.1 Å². The predicted molar refractivity (Wildman–Crippen MR) is 84.2 cm³/mol. The summed E-state index contributed by atoms with van der Waals surface area (Å²) in [5.41, 5.74) is -0.0484. The molecule has 21 heavy (non-hydrogen) atoms. The Kier molecular flexibility index (Phi) is 6.18. The van der Waals surface area contributed by atoms with Crippen molar-refractivity contribution < 1.29 is 4.74 Å². The zero-order valence-electron chi connectivity index (χ0n) is 13.8. The van der Waals surface area contributed by atoms with E-state index in [0.29, 0.717) is 6.04 Å². The molecule has 2 rings (SSSR count). The van der Waals surface area contributed by atoms with Crippen LogP contribution in [0.4, 0.5) is 0 Å². The first-order chi connectivity index (χ1) is 10.2. The Labute approximate surface area is 128 Å². The summed E-state index contributed by atoms with van der Waals surface area (Å²) in [6, 6.07) is 0.309. The molecule has 120 valence electrons. The van der Waals surface area contributed by atoms with Crippen LogP contribution in [0, 0.1) is 0 Å². The summed E-state index contributed by atoms with van der Waals surface area (Å²) < 4.78 is 8.21. The van der Waals surface area contributed by atoms with Crippen molar-refractivity contribution in [2.75, 3.05) is 13.2 Å². The molecule has 1 atom stereocenters. The summed E-state index contributed by atoms with van der Waals surface area (Å²) in [6.45, 7) is 6.01. The second-order valence-corrected chi connectivity index (χ2v) is 6.03. The molecular weight excluding hydrogens is 264 g/mol. The van der Waals surface area contributed by atoms with E-state index in [1.165, 1.54) is 25.7 Å². The summed E-state index contributed by atoms with van der Waals surface area (Å²) in [6.07, 6.45) is 10.0. The van der Waals surface area contributed by atoms with Crippen LogP contribution < -0.4 is 5.32 Å². The second kappa shape index (κ2) is 7.90. The zero-order valence-corrected chi connectivity index (χ0v) is 13.8. The minimum atomic E-state index is -0.0484. The van der Waals surface area contributed by atoms with Gasteiger partial charge in [-0.1, -0.05) is 32.6 Å². The molecule has 0 saturated heterocycles. The number of likely N-dealkylation sites (N-methyl/N-ethyl adjacent to an activating group) is 1. The van der Waals surface area contributed by atoms with Crippen LogP contribution in [0.1, 0.15) is 58.2 Å². The van der Waals surface area contributed by atoms with Crippen molar-refractivity contribution in [2.24, 2.45) is 7.05 Å². The fourth-order valence-corrected chi connectivity index (χ4v) is 3.59. The molecule has 1 unspecified atom stereocenters. The monoisotopic (exact) mass is 294 g/mol. The largest absolute Gasteiger partial charge is 0.374 e. The average Bonchev–Trinajstić information content (AvgIpc) is 2.74. The van der Waals surface area contributed by atoms with E-state index in [9.17, 15) is 0 Å². The first-order valence-corrected chi connectivity index (χ1v) is 8.42. The van der Waals surface area contributed by atoms with Gasteiger partial charge in [-0.05, 0) is 26.3 Å². The van der Waals surface area contributed by atoms with Crippen molar-refractivity contribution in [1.82, 2.24) is 20.1 Å². The summed E-state index contributed by atoms with van der Waals surface area (Å²) in [5.74, 6) is 1.03. The minimum Gasteiger partial charge on any atom is -0.374 e. The number of nitrogens with one attached hydrogen (secondary N) is 1. The van der Waals surface area contributed by atoms with Gasteiger partial charge in [0.05, 0.1) is 5.60 Å². The topological polar surface area (TPSA) is 52.0 Å². The van der Waals surface area contributed by atoms with Crippen LogP contribution in [-0.4, -0.2) is 39.6 Å². The van der Waals surface area contributed by atoms with E-state index in [1.54, 1.807) is 6.33 Å². The van der Waals surface area contributed by atoms with Crippen molar-refractivity contribution in [3.05, 3.63) is 12.2 Å². The van der Waals surface area contributed by atoms with Crippen LogP contribution in [-0.2, 0) is 18.2 Å². The van der Waals surface area contributed by atoms with Crippen LogP contribution in [0.15, 0.2) is 6.33 Å². The van der Waals surface area contributed by atoms with Gasteiger partial charge in [-0.25, -0.2) is 4.98 Å². The second-order valence-electron chi connectivity index (χ2n) is 6.03. The lowest BCUT2D eigenvalue weighted by molar-refractivity contribution is -0.0769. The lowest BCUT2D eigenvalue weighted by Crippen LogP contribution is -2.54. The molecule has 1 saturated carbocycles. The highest BCUT2D eigenvalue weighted by Crippen LogP contribution is 2.34. The van der Waals surface area contributed by atoms with Gasteiger partial charge in [-0.15, -0.1) is 0 Å². The smallest absolute Gasteiger partial charge is 0.138 e. The Balaban J connectivity index is 2.20. The quantitative estimate of drug-likeness (QED) is 0.785. The zero-order chi connectivity index (χ0) is 15.1. The van der Waals surface area contributed by atoms with Gasteiger partial charge in [0.15, 0.2) is 0 Å². The van der Waals surface area contributed by atoms with Gasteiger partial charge in [0, 0.05) is 26.1 Å². The number of hydrogen-bond acceptors (Lipinski definition) is 4. The lowest BCUT2D eigenvalue weighted by Gasteiger charge is -2.40. The Morgan fingerprint density at radius 2 is 2.00 bits per heavy atom. The maximum absolute atomic E-state index is 6.33. The maximum Gasteiger partial charge on any atom is 0.138 e. The van der Waals surface area contributed by atoms with E-state index in [-0.39, 0.29) is 5.60 Å². The normalized spacial score (nSPS) is 20.1. The molecular formula is C16H30N4O. The molecule has 1 fully saturated rings. The van der Waals surface area contributed by atoms with E-state index in [4.69, 9.17) is 4.74 Å². The molecule has 1 heterocycles. The van der Waals surface area contributed by atoms with E-state index in [0.717, 1.165) is 38.2 Å². The van der Waals surface area contributed by atoms with Crippen LogP contribution >= 0.6 is 0 Å². The van der Waals surface area contributed by atoms with Gasteiger partial charge in [-0.3, -0.25) is 4.68 Å². The maximum atomic E-state index is 6.33. The van der Waals surface area contributed by atoms with Gasteiger partial charge in [0.25, 0.3) is 0 Å². The molecule has 5 nitrogen and oxygen atoms in total. The standard InChI is InChI=1S/C16H30N4O/c1-4-17-14(12-15-18-13-19-20(15)3)16(21-5-2)10-8-6-7-9-11-16/h13-14,17H,4-12H2,1-3H3. The minimum absolute atomic E-state index is 0.0484. The molecule has 1 aromatic rings. The molecule has 0 amide bonds. The number of aromatic nitrogens is 3. The van der Waals surface area contributed by atoms with E-state index in [2.05, 4.69) is 29.2 Å². The average molecular weight is 294 g/mol.